The van der Waals surface area contributed by atoms with Crippen LogP contribution in [-0.4, -0.2) is 25.2 Å². The summed E-state index contributed by atoms with van der Waals surface area (Å²) < 4.78 is 15.7. The number of esters is 2. The van der Waals surface area contributed by atoms with Gasteiger partial charge < -0.3 is 9.47 Å². The highest BCUT2D eigenvalue weighted by Gasteiger charge is 2.17. The molecule has 0 aliphatic heterocycles. The summed E-state index contributed by atoms with van der Waals surface area (Å²) in [6.07, 6.45) is 19.7. The number of ether oxygens (including phenoxy) is 2. The fraction of sp³-hybridized carbons (Fsp3) is 0.500. The molecule has 0 saturated heterocycles. The van der Waals surface area contributed by atoms with Crippen LogP contribution in [0.25, 0.3) is 39.7 Å². The standard InChI is InChI=1S/C40H50O4S4/c1-3-5-7-9-11-13-15-17-23-43-39(41)37-27-35-33(47-37)25-31(45-35)29-19-21-30(22-20-29)32-26-34-36(46-32)28-38(48-34)40(42)44-24-18-16-14-12-10-8-6-4-2/h19-22,25-28H,3-18,23-24H2,1-2H3. The molecule has 0 aliphatic carbocycles. The van der Waals surface area contributed by atoms with Crippen LogP contribution < -0.4 is 0 Å². The molecule has 0 bridgehead atoms. The molecule has 0 aliphatic rings. The van der Waals surface area contributed by atoms with E-state index >= 15 is 0 Å². The van der Waals surface area contributed by atoms with E-state index in [0.29, 0.717) is 23.0 Å². The second-order valence-electron chi connectivity index (χ2n) is 12.7. The second kappa shape index (κ2) is 19.6. The first-order valence-corrected chi connectivity index (χ1v) is 21.3. The van der Waals surface area contributed by atoms with Crippen molar-refractivity contribution in [3.8, 4) is 20.9 Å². The quantitative estimate of drug-likeness (QED) is 0.0527. The summed E-state index contributed by atoms with van der Waals surface area (Å²) in [4.78, 5) is 29.0. The van der Waals surface area contributed by atoms with E-state index in [-0.39, 0.29) is 11.9 Å². The molecule has 0 spiro atoms. The molecule has 0 saturated carbocycles. The normalized spacial score (nSPS) is 11.5. The summed E-state index contributed by atoms with van der Waals surface area (Å²) in [5.41, 5.74) is 2.34. The van der Waals surface area contributed by atoms with Gasteiger partial charge in [0.1, 0.15) is 9.75 Å². The number of carbonyl (C=O) groups excluding carboxylic acids is 2. The lowest BCUT2D eigenvalue weighted by Gasteiger charge is -2.04. The first-order chi connectivity index (χ1) is 23.6. The SMILES string of the molecule is CCCCCCCCCCOC(=O)c1cc2sc(-c3ccc(-c4cc5sc(C(=O)OCCCCCCCCCC)cc5s4)cc3)cc2s1. The van der Waals surface area contributed by atoms with Crippen LogP contribution >= 0.6 is 45.3 Å². The fourth-order valence-corrected chi connectivity index (χ4v) is 10.5. The van der Waals surface area contributed by atoms with E-state index in [0.717, 1.165) is 44.5 Å². The fourth-order valence-electron chi connectivity index (χ4n) is 5.90. The monoisotopic (exact) mass is 722 g/mol. The molecule has 48 heavy (non-hydrogen) atoms. The number of carbonyl (C=O) groups is 2. The lowest BCUT2D eigenvalue weighted by atomic mass is 10.1. The lowest BCUT2D eigenvalue weighted by molar-refractivity contribution is 0.0494. The molecule has 1 aromatic carbocycles. The smallest absolute Gasteiger partial charge is 0.348 e. The number of benzene rings is 1. The maximum Gasteiger partial charge on any atom is 0.348 e. The Hall–Kier alpha value is -2.52. The van der Waals surface area contributed by atoms with Crippen LogP contribution in [0, 0.1) is 0 Å². The van der Waals surface area contributed by atoms with Crippen LogP contribution in [0.4, 0.5) is 0 Å². The summed E-state index contributed by atoms with van der Waals surface area (Å²) >= 11 is 6.48. The van der Waals surface area contributed by atoms with Crippen molar-refractivity contribution in [2.45, 2.75) is 117 Å². The van der Waals surface area contributed by atoms with Crippen LogP contribution in [0.5, 0.6) is 0 Å². The number of fused-ring (bicyclic) bond motifs is 2. The van der Waals surface area contributed by atoms with Gasteiger partial charge in [-0.1, -0.05) is 128 Å². The maximum absolute atomic E-state index is 12.6. The van der Waals surface area contributed by atoms with Crippen LogP contribution in [0.2, 0.25) is 0 Å². The molecule has 4 nitrogen and oxygen atoms in total. The molecule has 0 fully saturated rings. The van der Waals surface area contributed by atoms with E-state index in [1.54, 1.807) is 22.7 Å². The highest BCUT2D eigenvalue weighted by atomic mass is 32.1. The minimum atomic E-state index is -0.198. The van der Waals surface area contributed by atoms with Gasteiger partial charge in [0.05, 0.1) is 13.2 Å². The van der Waals surface area contributed by atoms with Crippen LogP contribution in [0.3, 0.4) is 0 Å². The third kappa shape index (κ3) is 10.7. The van der Waals surface area contributed by atoms with Crippen molar-refractivity contribution >= 4 is 76.1 Å². The topological polar surface area (TPSA) is 52.6 Å². The minimum absolute atomic E-state index is 0.198. The van der Waals surface area contributed by atoms with Gasteiger partial charge in [-0.15, -0.1) is 45.3 Å². The summed E-state index contributed by atoms with van der Waals surface area (Å²) in [5, 5.41) is 0. The predicted octanol–water partition coefficient (Wildman–Crippen LogP) is 14.2. The molecule has 258 valence electrons. The number of rotatable bonds is 22. The Kier molecular flexibility index (Phi) is 15.0. The maximum atomic E-state index is 12.6. The van der Waals surface area contributed by atoms with Crippen molar-refractivity contribution < 1.29 is 19.1 Å². The molecule has 5 rings (SSSR count). The summed E-state index contributed by atoms with van der Waals surface area (Å²) in [6.45, 7) is 5.50. The molecule has 5 aromatic rings. The van der Waals surface area contributed by atoms with E-state index in [9.17, 15) is 9.59 Å². The Morgan fingerprint density at radius 3 is 1.15 bits per heavy atom. The second-order valence-corrected chi connectivity index (χ2v) is 17.0. The van der Waals surface area contributed by atoms with Gasteiger partial charge in [-0.2, -0.15) is 0 Å². The molecule has 4 aromatic heterocycles. The van der Waals surface area contributed by atoms with E-state index in [4.69, 9.17) is 9.47 Å². The van der Waals surface area contributed by atoms with Crippen LogP contribution in [0.1, 0.15) is 136 Å². The van der Waals surface area contributed by atoms with Gasteiger partial charge >= 0.3 is 11.9 Å². The van der Waals surface area contributed by atoms with Gasteiger partial charge in [0.25, 0.3) is 0 Å². The third-order valence-electron chi connectivity index (χ3n) is 8.73. The summed E-state index contributed by atoms with van der Waals surface area (Å²) in [6, 6.07) is 17.0. The van der Waals surface area contributed by atoms with Crippen molar-refractivity contribution in [1.29, 1.82) is 0 Å². The van der Waals surface area contributed by atoms with Crippen molar-refractivity contribution in [1.82, 2.24) is 0 Å². The molecular weight excluding hydrogens is 673 g/mol. The Balaban J connectivity index is 1.06. The van der Waals surface area contributed by atoms with E-state index in [1.807, 2.05) is 12.1 Å². The zero-order valence-corrected chi connectivity index (χ0v) is 31.9. The van der Waals surface area contributed by atoms with E-state index < -0.39 is 0 Å². The van der Waals surface area contributed by atoms with Crippen molar-refractivity contribution in [3.05, 3.63) is 58.3 Å². The number of hydrogen-bond acceptors (Lipinski definition) is 8. The predicted molar refractivity (Wildman–Crippen MR) is 210 cm³/mol. The molecular formula is C40H50O4S4. The van der Waals surface area contributed by atoms with Gasteiger partial charge in [-0.05, 0) is 48.2 Å². The number of thiophene rings is 4. The Labute approximate surface area is 302 Å². The van der Waals surface area contributed by atoms with Crippen molar-refractivity contribution in [3.63, 3.8) is 0 Å². The van der Waals surface area contributed by atoms with Gasteiger partial charge in [0, 0.05) is 28.6 Å². The largest absolute Gasteiger partial charge is 0.462 e. The highest BCUT2D eigenvalue weighted by molar-refractivity contribution is 7.30. The average Bonchev–Trinajstić information content (AvgIpc) is 3.87. The first kappa shape index (κ1) is 36.8. The summed E-state index contributed by atoms with van der Waals surface area (Å²) in [5.74, 6) is -0.396. The highest BCUT2D eigenvalue weighted by Crippen LogP contribution is 2.41. The Bertz CT molecular complexity index is 1520. The minimum Gasteiger partial charge on any atom is -0.462 e. The number of unbranched alkanes of at least 4 members (excludes halogenated alkanes) is 14. The average molecular weight is 723 g/mol. The molecule has 0 N–H and O–H groups in total. The van der Waals surface area contributed by atoms with Crippen LogP contribution in [0.15, 0.2) is 48.5 Å². The molecule has 0 atom stereocenters. The number of hydrogen-bond donors (Lipinski definition) is 0. The molecule has 0 unspecified atom stereocenters. The van der Waals surface area contributed by atoms with Gasteiger partial charge in [-0.25, -0.2) is 9.59 Å². The molecule has 0 amide bonds. The van der Waals surface area contributed by atoms with Gasteiger partial charge in [0.15, 0.2) is 0 Å². The van der Waals surface area contributed by atoms with Crippen molar-refractivity contribution in [2.24, 2.45) is 0 Å². The Morgan fingerprint density at radius 2 is 0.792 bits per heavy atom. The van der Waals surface area contributed by atoms with Gasteiger partial charge in [0.2, 0.25) is 0 Å². The summed E-state index contributed by atoms with van der Waals surface area (Å²) in [7, 11) is 0. The Morgan fingerprint density at radius 1 is 0.458 bits per heavy atom. The van der Waals surface area contributed by atoms with Crippen LogP contribution in [-0.2, 0) is 9.47 Å². The van der Waals surface area contributed by atoms with E-state index in [2.05, 4.69) is 50.2 Å². The molecule has 4 heterocycles. The zero-order valence-electron chi connectivity index (χ0n) is 28.6. The zero-order chi connectivity index (χ0) is 33.6. The molecule has 0 radical (unpaired) electrons. The lowest BCUT2D eigenvalue weighted by Crippen LogP contribution is -2.04. The van der Waals surface area contributed by atoms with E-state index in [1.165, 1.54) is 121 Å². The van der Waals surface area contributed by atoms with Gasteiger partial charge in [-0.3, -0.25) is 0 Å². The van der Waals surface area contributed by atoms with Crippen molar-refractivity contribution in [2.75, 3.05) is 13.2 Å². The first-order valence-electron chi connectivity index (χ1n) is 18.1. The molecule has 8 heteroatoms. The third-order valence-corrected chi connectivity index (χ3v) is 13.4.